The number of carbonyl (C=O) groups is 4. The molecule has 0 radical (unpaired) electrons. The minimum Gasteiger partial charge on any atom is -0.488 e. The summed E-state index contributed by atoms with van der Waals surface area (Å²) in [6.07, 6.45) is 5.79. The number of likely N-dealkylation sites (tertiary alicyclic amines) is 2. The maximum absolute atomic E-state index is 14.4. The molecule has 338 valence electrons. The summed E-state index contributed by atoms with van der Waals surface area (Å²) >= 11 is 0. The van der Waals surface area contributed by atoms with Gasteiger partial charge in [0.25, 0.3) is 0 Å². The van der Waals surface area contributed by atoms with Gasteiger partial charge in [0.2, 0.25) is 11.8 Å². The SMILES string of the molecule is CC[C@H](C)C(NC(=O)OC)C(=O)N1[C@@H](C)CC[C@H]1c1ncc(-c2ccc3c(c2)COc2cc4c(ccc5nc([C@@H]6CC[C@H](C)N6C(=O)[C@@H](NC(=O)OC)C6CCOCC6)[nH]c54)cc2-3)[nH]1. The van der Waals surface area contributed by atoms with Crippen molar-refractivity contribution in [3.63, 3.8) is 0 Å². The number of aromatic nitrogens is 4. The summed E-state index contributed by atoms with van der Waals surface area (Å²) in [5.41, 5.74) is 6.60. The summed E-state index contributed by atoms with van der Waals surface area (Å²) in [6.45, 7) is 9.53. The van der Waals surface area contributed by atoms with Crippen LogP contribution in [0.5, 0.6) is 5.75 Å². The summed E-state index contributed by atoms with van der Waals surface area (Å²) in [6, 6.07) is 12.7. The fourth-order valence-electron chi connectivity index (χ4n) is 10.3. The summed E-state index contributed by atoms with van der Waals surface area (Å²) in [5.74, 6) is 1.81. The van der Waals surface area contributed by atoms with E-state index in [1.54, 1.807) is 0 Å². The first-order valence-electron chi connectivity index (χ1n) is 22.7. The number of amides is 4. The van der Waals surface area contributed by atoms with Crippen molar-refractivity contribution in [2.45, 2.75) is 115 Å². The van der Waals surface area contributed by atoms with E-state index in [0.717, 1.165) is 93.4 Å². The quantitative estimate of drug-likeness (QED) is 0.108. The number of hydrogen-bond donors (Lipinski definition) is 4. The van der Waals surface area contributed by atoms with Crippen molar-refractivity contribution >= 4 is 45.8 Å². The van der Waals surface area contributed by atoms with Crippen LogP contribution in [0.2, 0.25) is 0 Å². The number of rotatable bonds is 10. The third kappa shape index (κ3) is 7.90. The third-order valence-electron chi connectivity index (χ3n) is 14.2. The van der Waals surface area contributed by atoms with Gasteiger partial charge in [-0.2, -0.15) is 0 Å². The predicted molar refractivity (Wildman–Crippen MR) is 239 cm³/mol. The molecule has 64 heavy (non-hydrogen) atoms. The van der Waals surface area contributed by atoms with E-state index < -0.39 is 24.3 Å². The van der Waals surface area contributed by atoms with Crippen molar-refractivity contribution < 1.29 is 38.1 Å². The van der Waals surface area contributed by atoms with Crippen LogP contribution in [-0.4, -0.2) is 105 Å². The Balaban J connectivity index is 0.963. The number of hydrogen-bond acceptors (Lipinski definition) is 10. The van der Waals surface area contributed by atoms with E-state index >= 15 is 0 Å². The number of nitrogens with zero attached hydrogens (tertiary/aromatic N) is 4. The number of methoxy groups -OCH3 is 2. The fourth-order valence-corrected chi connectivity index (χ4v) is 10.3. The second-order valence-electron chi connectivity index (χ2n) is 17.9. The summed E-state index contributed by atoms with van der Waals surface area (Å²) in [5, 5.41) is 7.63. The van der Waals surface area contributed by atoms with Crippen molar-refractivity contribution in [3.8, 4) is 28.1 Å². The van der Waals surface area contributed by atoms with E-state index in [9.17, 15) is 19.2 Å². The molecule has 2 aromatic heterocycles. The van der Waals surface area contributed by atoms with Crippen LogP contribution in [0.1, 0.15) is 102 Å². The molecule has 9 rings (SSSR count). The van der Waals surface area contributed by atoms with E-state index in [4.69, 9.17) is 28.9 Å². The zero-order valence-corrected chi connectivity index (χ0v) is 37.4. The Bertz CT molecular complexity index is 2580. The van der Waals surface area contributed by atoms with Gasteiger partial charge in [0.05, 0.1) is 49.2 Å². The van der Waals surface area contributed by atoms with Gasteiger partial charge < -0.3 is 49.3 Å². The number of nitrogens with one attached hydrogen (secondary N) is 4. The first kappa shape index (κ1) is 43.1. The first-order valence-corrected chi connectivity index (χ1v) is 22.7. The zero-order valence-electron chi connectivity index (χ0n) is 37.4. The smallest absolute Gasteiger partial charge is 0.407 e. The summed E-state index contributed by atoms with van der Waals surface area (Å²) in [4.78, 5) is 73.9. The molecule has 0 aliphatic carbocycles. The Morgan fingerprint density at radius 1 is 0.828 bits per heavy atom. The molecule has 3 fully saturated rings. The number of benzene rings is 3. The van der Waals surface area contributed by atoms with Gasteiger partial charge in [0.1, 0.15) is 36.1 Å². The molecule has 16 heteroatoms. The molecule has 1 unspecified atom stereocenters. The molecule has 0 spiro atoms. The van der Waals surface area contributed by atoms with Gasteiger partial charge in [-0.05, 0) is 111 Å². The van der Waals surface area contributed by atoms with Crippen LogP contribution in [0, 0.1) is 11.8 Å². The van der Waals surface area contributed by atoms with Crippen LogP contribution in [0.3, 0.4) is 0 Å². The number of fused-ring (bicyclic) bond motifs is 6. The molecule has 7 atom stereocenters. The monoisotopic (exact) mass is 874 g/mol. The summed E-state index contributed by atoms with van der Waals surface area (Å²) < 4.78 is 21.8. The molecular formula is C48H58N8O8. The molecule has 4 N–H and O–H groups in total. The number of ether oxygens (including phenoxy) is 4. The zero-order chi connectivity index (χ0) is 44.8. The normalized spacial score (nSPS) is 22.3. The second-order valence-corrected chi connectivity index (χ2v) is 17.9. The van der Waals surface area contributed by atoms with Gasteiger partial charge in [0.15, 0.2) is 0 Å². The Morgan fingerprint density at radius 3 is 2.25 bits per heavy atom. The standard InChI is InChI=1S/C48H58N8O8/c1-7-25(2)40(53-47(59)61-5)45(57)55-26(3)8-14-37(55)43-49-23-36(51-43)30-10-12-32-31(20-30)24-64-39-22-33-29(21-34(32)39)11-13-35-42(33)52-44(50-35)38-15-9-27(4)56(38)46(58)41(54-48(60)62-6)28-16-18-63-19-17-28/h10-13,20-23,25-28,37-38,40-41H,7-9,14-19,24H2,1-6H3,(H,49,51)(H,50,52)(H,53,59)(H,54,60)/t25-,26-,27-,37-,38-,40?,41-/m0/s1. The van der Waals surface area contributed by atoms with Crippen LogP contribution in [0.25, 0.3) is 44.2 Å². The van der Waals surface area contributed by atoms with Crippen molar-refractivity contribution in [2.24, 2.45) is 11.8 Å². The molecule has 4 aliphatic rings. The maximum Gasteiger partial charge on any atom is 0.407 e. The van der Waals surface area contributed by atoms with Gasteiger partial charge in [-0.1, -0.05) is 38.5 Å². The minimum absolute atomic E-state index is 0.0174. The second kappa shape index (κ2) is 17.8. The lowest BCUT2D eigenvalue weighted by Gasteiger charge is -2.36. The first-order chi connectivity index (χ1) is 31.0. The van der Waals surface area contributed by atoms with Crippen LogP contribution in [0.15, 0.2) is 48.7 Å². The van der Waals surface area contributed by atoms with Gasteiger partial charge in [0, 0.05) is 36.2 Å². The molecule has 16 nitrogen and oxygen atoms in total. The average Bonchev–Trinajstić information content (AvgIpc) is 4.14. The van der Waals surface area contributed by atoms with Crippen molar-refractivity contribution in [1.82, 2.24) is 40.4 Å². The highest BCUT2D eigenvalue weighted by Crippen LogP contribution is 2.44. The molecule has 6 heterocycles. The summed E-state index contributed by atoms with van der Waals surface area (Å²) in [7, 11) is 2.62. The highest BCUT2D eigenvalue weighted by atomic mass is 16.5. The Hall–Kier alpha value is -6.16. The lowest BCUT2D eigenvalue weighted by molar-refractivity contribution is -0.139. The van der Waals surface area contributed by atoms with E-state index in [1.807, 2.05) is 42.8 Å². The van der Waals surface area contributed by atoms with E-state index in [2.05, 4.69) is 63.9 Å². The molecule has 3 aromatic carbocycles. The van der Waals surface area contributed by atoms with Crippen LogP contribution < -0.4 is 15.4 Å². The largest absolute Gasteiger partial charge is 0.488 e. The number of alkyl carbamates (subject to hydrolysis) is 2. The third-order valence-corrected chi connectivity index (χ3v) is 14.2. The highest BCUT2D eigenvalue weighted by Gasteiger charge is 2.44. The number of H-pyrrole nitrogens is 2. The van der Waals surface area contributed by atoms with Crippen molar-refractivity contribution in [3.05, 3.63) is 65.9 Å². The molecule has 0 saturated carbocycles. The average molecular weight is 875 g/mol. The molecule has 4 amide bonds. The Labute approximate surface area is 372 Å². The topological polar surface area (TPSA) is 193 Å². The fraction of sp³-hybridized carbons (Fsp3) is 0.500. The number of imidazole rings is 2. The van der Waals surface area contributed by atoms with E-state index in [1.165, 1.54) is 14.2 Å². The van der Waals surface area contributed by atoms with Gasteiger partial charge in [-0.3, -0.25) is 9.59 Å². The highest BCUT2D eigenvalue weighted by molar-refractivity contribution is 6.07. The Morgan fingerprint density at radius 2 is 1.53 bits per heavy atom. The molecule has 3 saturated heterocycles. The number of aromatic amines is 2. The predicted octanol–water partition coefficient (Wildman–Crippen LogP) is 7.69. The molecular weight excluding hydrogens is 817 g/mol. The van der Waals surface area contributed by atoms with Gasteiger partial charge in [-0.15, -0.1) is 0 Å². The molecule has 4 aliphatic heterocycles. The Kier molecular flexibility index (Phi) is 12.0. The molecule has 5 aromatic rings. The van der Waals surface area contributed by atoms with Crippen LogP contribution >= 0.6 is 0 Å². The molecule has 0 bridgehead atoms. The van der Waals surface area contributed by atoms with Crippen LogP contribution in [-0.2, 0) is 30.4 Å². The van der Waals surface area contributed by atoms with Gasteiger partial charge >= 0.3 is 12.2 Å². The van der Waals surface area contributed by atoms with Gasteiger partial charge in [-0.25, -0.2) is 19.6 Å². The lowest BCUT2D eigenvalue weighted by Crippen LogP contribution is -2.54. The van der Waals surface area contributed by atoms with Crippen LogP contribution in [0.4, 0.5) is 9.59 Å². The van der Waals surface area contributed by atoms with Crippen molar-refractivity contribution in [2.75, 3.05) is 27.4 Å². The lowest BCUT2D eigenvalue weighted by atomic mass is 9.90. The van der Waals surface area contributed by atoms with Crippen molar-refractivity contribution in [1.29, 1.82) is 0 Å². The minimum atomic E-state index is -0.722. The number of carbonyl (C=O) groups excluding carboxylic acids is 4. The van der Waals surface area contributed by atoms with E-state index in [-0.39, 0.29) is 47.8 Å². The van der Waals surface area contributed by atoms with E-state index in [0.29, 0.717) is 38.5 Å². The maximum atomic E-state index is 14.4.